The van der Waals surface area contributed by atoms with E-state index in [1.54, 1.807) is 24.3 Å². The van der Waals surface area contributed by atoms with E-state index in [9.17, 15) is 13.5 Å². The third-order valence-corrected chi connectivity index (χ3v) is 4.46. The molecule has 21 heavy (non-hydrogen) atoms. The van der Waals surface area contributed by atoms with Crippen molar-refractivity contribution in [1.29, 1.82) is 0 Å². The van der Waals surface area contributed by atoms with E-state index in [2.05, 4.69) is 4.72 Å². The summed E-state index contributed by atoms with van der Waals surface area (Å²) in [5.41, 5.74) is 1.01. The maximum Gasteiger partial charge on any atom is 0.265 e. The molecule has 5 nitrogen and oxygen atoms in total. The molecule has 0 aliphatic rings. The first-order valence-electron chi connectivity index (χ1n) is 6.45. The Morgan fingerprint density at radius 3 is 2.52 bits per heavy atom. The van der Waals surface area contributed by atoms with Crippen LogP contribution >= 0.6 is 0 Å². The Bertz CT molecular complexity index is 741. The van der Waals surface area contributed by atoms with Gasteiger partial charge in [-0.15, -0.1) is 0 Å². The van der Waals surface area contributed by atoms with Crippen molar-refractivity contribution in [3.8, 4) is 11.5 Å². The maximum absolute atomic E-state index is 12.5. The second kappa shape index (κ2) is 6.05. The molecule has 0 saturated carbocycles. The lowest BCUT2D eigenvalue weighted by molar-refractivity contribution is 0.402. The summed E-state index contributed by atoms with van der Waals surface area (Å²) in [7, 11) is -2.43. The normalized spacial score (nSPS) is 11.1. The van der Waals surface area contributed by atoms with Crippen LogP contribution in [-0.4, -0.2) is 20.6 Å². The molecule has 2 N–H and O–H groups in total. The fraction of sp³-hybridized carbons (Fsp3) is 0.200. The SMILES string of the molecule is CCc1ccc(OC)c(S(=O)(=O)Nc2ccccc2O)c1. The molecule has 2 aromatic carbocycles. The first kappa shape index (κ1) is 15.2. The maximum atomic E-state index is 12.5. The molecule has 0 aliphatic carbocycles. The van der Waals surface area contributed by atoms with Gasteiger partial charge in [0, 0.05) is 0 Å². The van der Waals surface area contributed by atoms with Gasteiger partial charge >= 0.3 is 0 Å². The number of phenols is 1. The highest BCUT2D eigenvalue weighted by Crippen LogP contribution is 2.30. The van der Waals surface area contributed by atoms with E-state index in [4.69, 9.17) is 4.74 Å². The highest BCUT2D eigenvalue weighted by Gasteiger charge is 2.21. The Hall–Kier alpha value is -2.21. The number of aromatic hydroxyl groups is 1. The van der Waals surface area contributed by atoms with Gasteiger partial charge in [-0.25, -0.2) is 8.42 Å². The molecule has 0 radical (unpaired) electrons. The molecule has 0 aromatic heterocycles. The fourth-order valence-electron chi connectivity index (χ4n) is 1.91. The summed E-state index contributed by atoms with van der Waals surface area (Å²) in [6.45, 7) is 1.94. The van der Waals surface area contributed by atoms with E-state index >= 15 is 0 Å². The van der Waals surface area contributed by atoms with Crippen LogP contribution in [0.4, 0.5) is 5.69 Å². The van der Waals surface area contributed by atoms with Crippen LogP contribution in [0.1, 0.15) is 12.5 Å². The van der Waals surface area contributed by atoms with Crippen molar-refractivity contribution in [2.24, 2.45) is 0 Å². The molecule has 0 heterocycles. The molecule has 0 spiro atoms. The lowest BCUT2D eigenvalue weighted by Gasteiger charge is -2.13. The highest BCUT2D eigenvalue weighted by atomic mass is 32.2. The number of nitrogens with one attached hydrogen (secondary N) is 1. The molecular formula is C15H17NO4S. The van der Waals surface area contributed by atoms with Gasteiger partial charge in [0.15, 0.2) is 0 Å². The smallest absolute Gasteiger partial charge is 0.265 e. The molecule has 6 heteroatoms. The minimum atomic E-state index is -3.85. The molecule has 0 bridgehead atoms. The largest absolute Gasteiger partial charge is 0.506 e. The first-order valence-corrected chi connectivity index (χ1v) is 7.94. The van der Waals surface area contributed by atoms with E-state index in [0.717, 1.165) is 5.56 Å². The third kappa shape index (κ3) is 3.28. The number of para-hydroxylation sites is 2. The summed E-state index contributed by atoms with van der Waals surface area (Å²) < 4.78 is 32.5. The minimum absolute atomic E-state index is 0.0487. The van der Waals surface area contributed by atoms with Gasteiger partial charge in [-0.05, 0) is 36.2 Å². The van der Waals surface area contributed by atoms with Gasteiger partial charge < -0.3 is 9.84 Å². The lowest BCUT2D eigenvalue weighted by Crippen LogP contribution is -2.14. The van der Waals surface area contributed by atoms with Crippen molar-refractivity contribution in [2.45, 2.75) is 18.2 Å². The number of phenolic OH excluding ortho intramolecular Hbond substituents is 1. The van der Waals surface area contributed by atoms with Crippen molar-refractivity contribution in [3.63, 3.8) is 0 Å². The quantitative estimate of drug-likeness (QED) is 0.833. The van der Waals surface area contributed by atoms with Crippen molar-refractivity contribution in [2.75, 3.05) is 11.8 Å². The Labute approximate surface area is 124 Å². The van der Waals surface area contributed by atoms with Crippen molar-refractivity contribution in [1.82, 2.24) is 0 Å². The Kier molecular flexibility index (Phi) is 4.37. The molecule has 0 aliphatic heterocycles. The summed E-state index contributed by atoms with van der Waals surface area (Å²) in [4.78, 5) is 0.0487. The summed E-state index contributed by atoms with van der Waals surface area (Å²) in [6.07, 6.45) is 0.711. The number of ether oxygens (including phenoxy) is 1. The molecule has 2 aromatic rings. The van der Waals surface area contributed by atoms with Gasteiger partial charge in [-0.2, -0.15) is 0 Å². The number of hydrogen-bond acceptors (Lipinski definition) is 4. The van der Waals surface area contributed by atoms with E-state index < -0.39 is 10.0 Å². The molecule has 0 atom stereocenters. The molecule has 0 unspecified atom stereocenters. The number of aryl methyl sites for hydroxylation is 1. The fourth-order valence-corrected chi connectivity index (χ4v) is 3.21. The van der Waals surface area contributed by atoms with Crippen LogP contribution in [0.3, 0.4) is 0 Å². The predicted molar refractivity (Wildman–Crippen MR) is 81.3 cm³/mol. The van der Waals surface area contributed by atoms with E-state index in [0.29, 0.717) is 6.42 Å². The van der Waals surface area contributed by atoms with Crippen LogP contribution in [-0.2, 0) is 16.4 Å². The molecule has 0 saturated heterocycles. The molecule has 112 valence electrons. The summed E-state index contributed by atoms with van der Waals surface area (Å²) in [5, 5.41) is 9.69. The van der Waals surface area contributed by atoms with Gasteiger partial charge in [0.05, 0.1) is 12.8 Å². The zero-order chi connectivity index (χ0) is 15.5. The number of anilines is 1. The van der Waals surface area contributed by atoms with Crippen LogP contribution in [0.25, 0.3) is 0 Å². The molecular weight excluding hydrogens is 290 g/mol. The van der Waals surface area contributed by atoms with Crippen LogP contribution in [0.2, 0.25) is 0 Å². The first-order chi connectivity index (χ1) is 9.97. The van der Waals surface area contributed by atoms with Gasteiger partial charge in [0.1, 0.15) is 16.4 Å². The van der Waals surface area contributed by atoms with E-state index in [-0.39, 0.29) is 22.1 Å². The van der Waals surface area contributed by atoms with Crippen molar-refractivity contribution < 1.29 is 18.3 Å². The van der Waals surface area contributed by atoms with E-state index in [1.807, 2.05) is 13.0 Å². The van der Waals surface area contributed by atoms with Crippen molar-refractivity contribution >= 4 is 15.7 Å². The topological polar surface area (TPSA) is 75.6 Å². The zero-order valence-electron chi connectivity index (χ0n) is 11.8. The number of benzene rings is 2. The Balaban J connectivity index is 2.46. The number of rotatable bonds is 5. The predicted octanol–water partition coefficient (Wildman–Crippen LogP) is 2.76. The zero-order valence-corrected chi connectivity index (χ0v) is 12.6. The molecule has 2 rings (SSSR count). The second-order valence-corrected chi connectivity index (χ2v) is 6.11. The van der Waals surface area contributed by atoms with Gasteiger partial charge in [0.25, 0.3) is 10.0 Å². The lowest BCUT2D eigenvalue weighted by atomic mass is 10.2. The summed E-state index contributed by atoms with van der Waals surface area (Å²) >= 11 is 0. The summed E-state index contributed by atoms with van der Waals surface area (Å²) in [5.74, 6) is 0.127. The molecule has 0 amide bonds. The number of methoxy groups -OCH3 is 1. The van der Waals surface area contributed by atoms with Gasteiger partial charge in [0.2, 0.25) is 0 Å². The molecule has 0 fully saturated rings. The average molecular weight is 307 g/mol. The third-order valence-electron chi connectivity index (χ3n) is 3.07. The second-order valence-electron chi connectivity index (χ2n) is 4.46. The Morgan fingerprint density at radius 1 is 1.19 bits per heavy atom. The Morgan fingerprint density at radius 2 is 1.90 bits per heavy atom. The summed E-state index contributed by atoms with van der Waals surface area (Å²) in [6, 6.07) is 11.2. The van der Waals surface area contributed by atoms with Gasteiger partial charge in [-0.1, -0.05) is 25.1 Å². The van der Waals surface area contributed by atoms with Gasteiger partial charge in [-0.3, -0.25) is 4.72 Å². The standard InChI is InChI=1S/C15H17NO4S/c1-3-11-8-9-14(20-2)15(10-11)21(18,19)16-12-6-4-5-7-13(12)17/h4-10,16-17H,3H2,1-2H3. The number of sulfonamides is 1. The van der Waals surface area contributed by atoms with Crippen LogP contribution < -0.4 is 9.46 Å². The average Bonchev–Trinajstić information content (AvgIpc) is 2.48. The van der Waals surface area contributed by atoms with E-state index in [1.165, 1.54) is 19.2 Å². The minimum Gasteiger partial charge on any atom is -0.506 e. The monoisotopic (exact) mass is 307 g/mol. The van der Waals surface area contributed by atoms with Crippen LogP contribution in [0.5, 0.6) is 11.5 Å². The highest BCUT2D eigenvalue weighted by molar-refractivity contribution is 7.92. The van der Waals surface area contributed by atoms with Crippen LogP contribution in [0, 0.1) is 0 Å². The number of hydrogen-bond donors (Lipinski definition) is 2. The van der Waals surface area contributed by atoms with Crippen LogP contribution in [0.15, 0.2) is 47.4 Å². The van der Waals surface area contributed by atoms with Crippen molar-refractivity contribution in [3.05, 3.63) is 48.0 Å².